The van der Waals surface area contributed by atoms with Gasteiger partial charge in [0.15, 0.2) is 5.60 Å². The lowest BCUT2D eigenvalue weighted by molar-refractivity contribution is -0.366. The van der Waals surface area contributed by atoms with Crippen molar-refractivity contribution < 1.29 is 27.1 Å². The van der Waals surface area contributed by atoms with Crippen LogP contribution < -0.4 is 0 Å². The summed E-state index contributed by atoms with van der Waals surface area (Å²) >= 11 is 3.06. The number of benzene rings is 1. The fourth-order valence-electron chi connectivity index (χ4n) is 1.98. The Hall–Kier alpha value is -0.690. The van der Waals surface area contributed by atoms with Crippen molar-refractivity contribution in [1.29, 1.82) is 0 Å². The van der Waals surface area contributed by atoms with E-state index in [0.29, 0.717) is 4.47 Å². The summed E-state index contributed by atoms with van der Waals surface area (Å²) in [6.45, 7) is 3.40. The van der Waals surface area contributed by atoms with Crippen LogP contribution in [0.4, 0.5) is 22.0 Å². The van der Waals surface area contributed by atoms with Gasteiger partial charge in [0.05, 0.1) is 0 Å². The maximum atomic E-state index is 13.9. The predicted octanol–water partition coefficient (Wildman–Crippen LogP) is 4.88. The van der Waals surface area contributed by atoms with Crippen molar-refractivity contribution in [3.63, 3.8) is 0 Å². The molecule has 0 saturated heterocycles. The molecule has 1 nitrogen and oxygen atoms in total. The molecule has 0 bridgehead atoms. The topological polar surface area (TPSA) is 20.2 Å². The highest BCUT2D eigenvalue weighted by Crippen LogP contribution is 2.56. The Morgan fingerprint density at radius 2 is 1.30 bits per heavy atom. The predicted molar refractivity (Wildman–Crippen MR) is 68.5 cm³/mol. The zero-order valence-corrected chi connectivity index (χ0v) is 12.6. The molecule has 1 aromatic carbocycles. The molecule has 1 unspecified atom stereocenters. The second-order valence-corrected chi connectivity index (χ2v) is 6.46. The van der Waals surface area contributed by atoms with E-state index in [4.69, 9.17) is 0 Å². The van der Waals surface area contributed by atoms with Crippen LogP contribution in [0.1, 0.15) is 26.3 Å². The number of halogens is 6. The van der Waals surface area contributed by atoms with E-state index < -0.39 is 28.7 Å². The molecule has 1 rings (SSSR count). The SMILES string of the molecule is CC(C)(C)C(O)(c1ccc(Br)cc1)C(F)(F)C(F)(F)F. The van der Waals surface area contributed by atoms with Gasteiger partial charge in [0.2, 0.25) is 0 Å². The van der Waals surface area contributed by atoms with Gasteiger partial charge in [0.1, 0.15) is 0 Å². The Labute approximate surface area is 121 Å². The summed E-state index contributed by atoms with van der Waals surface area (Å²) in [6, 6.07) is 4.71. The molecule has 0 aromatic heterocycles. The third-order valence-electron chi connectivity index (χ3n) is 3.16. The minimum Gasteiger partial charge on any atom is -0.378 e. The van der Waals surface area contributed by atoms with Gasteiger partial charge in [-0.2, -0.15) is 22.0 Å². The maximum absolute atomic E-state index is 13.9. The fourth-order valence-corrected chi connectivity index (χ4v) is 2.25. The normalized spacial score (nSPS) is 16.9. The van der Waals surface area contributed by atoms with Crippen LogP contribution in [0.2, 0.25) is 0 Å². The molecule has 1 N–H and O–H groups in total. The first-order valence-electron chi connectivity index (χ1n) is 5.68. The van der Waals surface area contributed by atoms with E-state index in [1.807, 2.05) is 0 Å². The first kappa shape index (κ1) is 17.4. The van der Waals surface area contributed by atoms with Gasteiger partial charge in [-0.3, -0.25) is 0 Å². The van der Waals surface area contributed by atoms with E-state index in [9.17, 15) is 27.1 Å². The van der Waals surface area contributed by atoms with Gasteiger partial charge in [-0.1, -0.05) is 48.8 Å². The third kappa shape index (κ3) is 2.57. The van der Waals surface area contributed by atoms with Crippen LogP contribution in [-0.4, -0.2) is 17.2 Å². The minimum atomic E-state index is -5.86. The molecule has 114 valence electrons. The summed E-state index contributed by atoms with van der Waals surface area (Å²) in [4.78, 5) is 0. The molecule has 1 aromatic rings. The summed E-state index contributed by atoms with van der Waals surface area (Å²) in [5.41, 5.74) is -5.60. The largest absolute Gasteiger partial charge is 0.456 e. The molecular weight excluding hydrogens is 347 g/mol. The number of hydrogen-bond acceptors (Lipinski definition) is 1. The number of alkyl halides is 5. The lowest BCUT2D eigenvalue weighted by atomic mass is 9.68. The van der Waals surface area contributed by atoms with Crippen molar-refractivity contribution >= 4 is 15.9 Å². The van der Waals surface area contributed by atoms with Crippen molar-refractivity contribution in [2.24, 2.45) is 5.41 Å². The molecule has 1 atom stereocenters. The number of hydrogen-bond donors (Lipinski definition) is 1. The molecule has 0 amide bonds. The lowest BCUT2D eigenvalue weighted by Gasteiger charge is -2.46. The van der Waals surface area contributed by atoms with E-state index in [0.717, 1.165) is 32.9 Å². The van der Waals surface area contributed by atoms with Crippen LogP contribution in [0.5, 0.6) is 0 Å². The highest BCUT2D eigenvalue weighted by Gasteiger charge is 2.73. The van der Waals surface area contributed by atoms with Crippen LogP contribution in [0.3, 0.4) is 0 Å². The summed E-state index contributed by atoms with van der Waals surface area (Å²) in [6.07, 6.45) is -5.86. The van der Waals surface area contributed by atoms with E-state index in [1.54, 1.807) is 0 Å². The minimum absolute atomic E-state index is 0.490. The van der Waals surface area contributed by atoms with Crippen LogP contribution in [0, 0.1) is 5.41 Å². The quantitative estimate of drug-likeness (QED) is 0.745. The molecule has 0 spiro atoms. The Kier molecular flexibility index (Phi) is 4.29. The van der Waals surface area contributed by atoms with Crippen LogP contribution >= 0.6 is 15.9 Å². The zero-order chi connectivity index (χ0) is 16.0. The second kappa shape index (κ2) is 4.94. The number of rotatable bonds is 2. The molecule has 0 saturated carbocycles. The molecular formula is C13H14BrF5O. The first-order valence-corrected chi connectivity index (χ1v) is 6.47. The molecule has 0 aliphatic rings. The summed E-state index contributed by atoms with van der Waals surface area (Å²) in [7, 11) is 0. The maximum Gasteiger partial charge on any atom is 0.456 e. The van der Waals surface area contributed by atoms with Crippen LogP contribution in [-0.2, 0) is 5.60 Å². The summed E-state index contributed by atoms with van der Waals surface area (Å²) in [5.74, 6) is -5.29. The lowest BCUT2D eigenvalue weighted by Crippen LogP contribution is -2.61. The zero-order valence-electron chi connectivity index (χ0n) is 11.0. The van der Waals surface area contributed by atoms with Gasteiger partial charge in [0, 0.05) is 9.89 Å². The molecule has 20 heavy (non-hydrogen) atoms. The monoisotopic (exact) mass is 360 g/mol. The van der Waals surface area contributed by atoms with Crippen LogP contribution in [0.15, 0.2) is 28.7 Å². The highest BCUT2D eigenvalue weighted by atomic mass is 79.9. The van der Waals surface area contributed by atoms with Gasteiger partial charge in [0.25, 0.3) is 0 Å². The number of aliphatic hydroxyl groups is 1. The Bertz CT molecular complexity index is 475. The van der Waals surface area contributed by atoms with Crippen molar-refractivity contribution in [3.05, 3.63) is 34.3 Å². The van der Waals surface area contributed by atoms with Gasteiger partial charge in [-0.05, 0) is 17.7 Å². The summed E-state index contributed by atoms with van der Waals surface area (Å²) < 4.78 is 66.4. The summed E-state index contributed by atoms with van der Waals surface area (Å²) in [5, 5.41) is 10.3. The van der Waals surface area contributed by atoms with E-state index in [1.165, 1.54) is 12.1 Å². The third-order valence-corrected chi connectivity index (χ3v) is 3.69. The molecule has 0 radical (unpaired) electrons. The van der Waals surface area contributed by atoms with Crippen LogP contribution in [0.25, 0.3) is 0 Å². The first-order chi connectivity index (χ1) is 8.75. The van der Waals surface area contributed by atoms with E-state index in [-0.39, 0.29) is 0 Å². The molecule has 0 fully saturated rings. The average Bonchev–Trinajstić information content (AvgIpc) is 2.25. The Balaban J connectivity index is 3.58. The molecule has 0 aliphatic heterocycles. The van der Waals surface area contributed by atoms with E-state index in [2.05, 4.69) is 15.9 Å². The Morgan fingerprint density at radius 3 is 1.60 bits per heavy atom. The van der Waals surface area contributed by atoms with Crippen molar-refractivity contribution in [2.75, 3.05) is 0 Å². The second-order valence-electron chi connectivity index (χ2n) is 5.54. The molecule has 7 heteroatoms. The van der Waals surface area contributed by atoms with Gasteiger partial charge >= 0.3 is 12.1 Å². The van der Waals surface area contributed by atoms with Gasteiger partial charge in [-0.25, -0.2) is 0 Å². The molecule has 0 aliphatic carbocycles. The fraction of sp³-hybridized carbons (Fsp3) is 0.538. The van der Waals surface area contributed by atoms with Crippen molar-refractivity contribution in [1.82, 2.24) is 0 Å². The standard InChI is InChI=1S/C13H14BrF5O/c1-10(2,3)11(20,12(15,16)13(17,18)19)8-4-6-9(14)7-5-8/h4-7,20H,1-3H3. The van der Waals surface area contributed by atoms with Gasteiger partial charge < -0.3 is 5.11 Å². The smallest absolute Gasteiger partial charge is 0.378 e. The van der Waals surface area contributed by atoms with Crippen molar-refractivity contribution in [3.8, 4) is 0 Å². The highest BCUT2D eigenvalue weighted by molar-refractivity contribution is 9.10. The molecule has 0 heterocycles. The van der Waals surface area contributed by atoms with Gasteiger partial charge in [-0.15, -0.1) is 0 Å². The average molecular weight is 361 g/mol. The van der Waals surface area contributed by atoms with E-state index >= 15 is 0 Å². The Morgan fingerprint density at radius 1 is 0.900 bits per heavy atom. The van der Waals surface area contributed by atoms with Crippen molar-refractivity contribution in [2.45, 2.75) is 38.5 Å².